The molecule has 0 spiro atoms. The number of esters is 1. The van der Waals surface area contributed by atoms with Gasteiger partial charge in [-0.25, -0.2) is 0 Å². The van der Waals surface area contributed by atoms with Crippen LogP contribution in [0.15, 0.2) is 12.2 Å². The zero-order chi connectivity index (χ0) is 20.1. The van der Waals surface area contributed by atoms with Gasteiger partial charge in [0.25, 0.3) is 0 Å². The second-order valence-corrected chi connectivity index (χ2v) is 9.19. The molecule has 5 nitrogen and oxygen atoms in total. The van der Waals surface area contributed by atoms with Gasteiger partial charge in [0.1, 0.15) is 5.78 Å². The van der Waals surface area contributed by atoms with Gasteiger partial charge in [0.2, 0.25) is 0 Å². The van der Waals surface area contributed by atoms with Gasteiger partial charge in [-0.05, 0) is 50.4 Å². The Labute approximate surface area is 168 Å². The van der Waals surface area contributed by atoms with Crippen molar-refractivity contribution in [3.63, 3.8) is 0 Å². The summed E-state index contributed by atoms with van der Waals surface area (Å²) in [7, 11) is 1.41. The van der Waals surface area contributed by atoms with E-state index in [4.69, 9.17) is 0 Å². The second kappa shape index (κ2) is 9.53. The molecule has 28 heavy (non-hydrogen) atoms. The molecule has 0 heterocycles. The van der Waals surface area contributed by atoms with E-state index in [1.165, 1.54) is 20.0 Å². The third-order valence-electron chi connectivity index (χ3n) is 7.40. The molecular formula is C23H36O5. The summed E-state index contributed by atoms with van der Waals surface area (Å²) in [5.41, 5.74) is -0.555. The normalized spacial score (nSPS) is 37.2. The number of methoxy groups -OCH3 is 1. The first kappa shape index (κ1) is 21.5. The van der Waals surface area contributed by atoms with Crippen LogP contribution in [0, 0.1) is 23.7 Å². The molecule has 6 atom stereocenters. The molecule has 0 amide bonds. The Hall–Kier alpha value is -1.20. The van der Waals surface area contributed by atoms with Crippen LogP contribution in [0.25, 0.3) is 0 Å². The van der Waals surface area contributed by atoms with Crippen LogP contribution in [0.5, 0.6) is 0 Å². The molecule has 0 aromatic rings. The van der Waals surface area contributed by atoms with Gasteiger partial charge in [-0.3, -0.25) is 9.59 Å². The van der Waals surface area contributed by atoms with Crippen LogP contribution in [-0.2, 0) is 14.3 Å². The number of carbonyl (C=O) groups is 2. The smallest absolute Gasteiger partial charge is 0.305 e. The maximum absolute atomic E-state index is 12.3. The van der Waals surface area contributed by atoms with Crippen molar-refractivity contribution in [2.75, 3.05) is 7.11 Å². The van der Waals surface area contributed by atoms with Crippen molar-refractivity contribution in [2.24, 2.45) is 23.7 Å². The lowest BCUT2D eigenvalue weighted by Gasteiger charge is -2.48. The van der Waals surface area contributed by atoms with E-state index in [1.54, 1.807) is 0 Å². The van der Waals surface area contributed by atoms with Gasteiger partial charge in [0.05, 0.1) is 18.8 Å². The molecule has 0 aliphatic heterocycles. The fourth-order valence-electron chi connectivity index (χ4n) is 5.78. The van der Waals surface area contributed by atoms with Gasteiger partial charge in [0, 0.05) is 24.7 Å². The quantitative estimate of drug-likeness (QED) is 0.337. The second-order valence-electron chi connectivity index (χ2n) is 9.19. The monoisotopic (exact) mass is 392 g/mol. The molecular weight excluding hydrogens is 356 g/mol. The predicted molar refractivity (Wildman–Crippen MR) is 106 cm³/mol. The number of ether oxygens (including phenoxy) is 1. The number of Topliss-reactive ketones (excluding diaryl/α,β-unsaturated/α-hetero) is 1. The molecule has 3 aliphatic carbocycles. The van der Waals surface area contributed by atoms with Crippen LogP contribution < -0.4 is 0 Å². The lowest BCUT2D eigenvalue weighted by atomic mass is 9.61. The molecule has 3 aliphatic rings. The fourth-order valence-corrected chi connectivity index (χ4v) is 5.78. The van der Waals surface area contributed by atoms with Crippen molar-refractivity contribution in [1.29, 1.82) is 0 Å². The maximum atomic E-state index is 12.3. The van der Waals surface area contributed by atoms with Crippen molar-refractivity contribution < 1.29 is 24.5 Å². The summed E-state index contributed by atoms with van der Waals surface area (Å²) in [6, 6.07) is 0. The van der Waals surface area contributed by atoms with E-state index in [2.05, 4.69) is 4.74 Å². The molecule has 158 valence electrons. The highest BCUT2D eigenvalue weighted by Gasteiger charge is 2.53. The van der Waals surface area contributed by atoms with Crippen molar-refractivity contribution in [3.05, 3.63) is 12.2 Å². The summed E-state index contributed by atoms with van der Waals surface area (Å²) in [6.07, 6.45) is 13.8. The van der Waals surface area contributed by atoms with Crippen LogP contribution in [-0.4, -0.2) is 40.8 Å². The highest BCUT2D eigenvalue weighted by atomic mass is 16.5. The SMILES string of the molecule is COC(=O)CCCCCC[C@H]1C(=O)C[C@@H](O)[C@@H]1/C=C/CC1(O)CC2CCCC21. The highest BCUT2D eigenvalue weighted by Crippen LogP contribution is 2.55. The topological polar surface area (TPSA) is 83.8 Å². The lowest BCUT2D eigenvalue weighted by Crippen LogP contribution is -2.51. The molecule has 3 fully saturated rings. The van der Waals surface area contributed by atoms with E-state index >= 15 is 0 Å². The lowest BCUT2D eigenvalue weighted by molar-refractivity contribution is -0.140. The Morgan fingerprint density at radius 1 is 1.25 bits per heavy atom. The number of fused-ring (bicyclic) bond motifs is 1. The van der Waals surface area contributed by atoms with Gasteiger partial charge >= 0.3 is 5.97 Å². The Bertz CT molecular complexity index is 586. The number of rotatable bonds is 10. The number of carbonyl (C=O) groups excluding carboxylic acids is 2. The van der Waals surface area contributed by atoms with E-state index in [9.17, 15) is 19.8 Å². The highest BCUT2D eigenvalue weighted by molar-refractivity contribution is 5.84. The summed E-state index contributed by atoms with van der Waals surface area (Å²) in [5.74, 6) is 0.927. The first-order valence-electron chi connectivity index (χ1n) is 11.1. The van der Waals surface area contributed by atoms with E-state index in [-0.39, 0.29) is 30.0 Å². The first-order valence-corrected chi connectivity index (χ1v) is 11.1. The molecule has 3 unspecified atom stereocenters. The summed E-state index contributed by atoms with van der Waals surface area (Å²) in [4.78, 5) is 23.4. The molecule has 0 radical (unpaired) electrons. The van der Waals surface area contributed by atoms with Crippen molar-refractivity contribution in [3.8, 4) is 0 Å². The minimum Gasteiger partial charge on any atom is -0.469 e. The van der Waals surface area contributed by atoms with E-state index in [1.807, 2.05) is 12.2 Å². The van der Waals surface area contributed by atoms with Crippen LogP contribution in [0.3, 0.4) is 0 Å². The third kappa shape index (κ3) is 4.85. The van der Waals surface area contributed by atoms with Gasteiger partial charge < -0.3 is 14.9 Å². The first-order chi connectivity index (χ1) is 13.4. The third-order valence-corrected chi connectivity index (χ3v) is 7.40. The number of unbranched alkanes of at least 4 members (excludes halogenated alkanes) is 3. The standard InChI is InChI=1S/C23H36O5/c1-28-22(26)12-5-3-2-4-9-17-18(21(25)14-20(17)24)10-7-13-23(27)15-16-8-6-11-19(16)23/h7,10,16-19,21,25,27H,2-6,8-9,11-15H2,1H3/b10-7+/t16?,17-,18-,19?,21-,23?/m1/s1. The number of aliphatic hydroxyl groups excluding tert-OH is 1. The molecule has 0 saturated heterocycles. The van der Waals surface area contributed by atoms with Gasteiger partial charge in [-0.1, -0.05) is 37.8 Å². The van der Waals surface area contributed by atoms with E-state index in [0.29, 0.717) is 24.7 Å². The maximum Gasteiger partial charge on any atom is 0.305 e. The molecule has 2 N–H and O–H groups in total. The number of hydrogen-bond donors (Lipinski definition) is 2. The largest absolute Gasteiger partial charge is 0.469 e. The fraction of sp³-hybridized carbons (Fsp3) is 0.826. The molecule has 0 aromatic heterocycles. The molecule has 3 rings (SSSR count). The zero-order valence-electron chi connectivity index (χ0n) is 17.1. The van der Waals surface area contributed by atoms with Crippen molar-refractivity contribution >= 4 is 11.8 Å². The van der Waals surface area contributed by atoms with Gasteiger partial charge in [-0.2, -0.15) is 0 Å². The average Bonchev–Trinajstić information content (AvgIpc) is 3.18. The Balaban J connectivity index is 1.42. The van der Waals surface area contributed by atoms with Crippen LogP contribution in [0.1, 0.15) is 77.0 Å². The molecule has 0 bridgehead atoms. The summed E-state index contributed by atoms with van der Waals surface area (Å²) < 4.78 is 4.64. The van der Waals surface area contributed by atoms with Gasteiger partial charge in [0.15, 0.2) is 0 Å². The van der Waals surface area contributed by atoms with Crippen LogP contribution in [0.2, 0.25) is 0 Å². The molecule has 0 aromatic carbocycles. The predicted octanol–water partition coefficient (Wildman–Crippen LogP) is 3.56. The number of hydrogen-bond acceptors (Lipinski definition) is 5. The van der Waals surface area contributed by atoms with Crippen molar-refractivity contribution in [1.82, 2.24) is 0 Å². The minimum atomic E-state index is -0.594. The van der Waals surface area contributed by atoms with E-state index < -0.39 is 11.7 Å². The summed E-state index contributed by atoms with van der Waals surface area (Å²) in [6.45, 7) is 0. The minimum absolute atomic E-state index is 0.109. The van der Waals surface area contributed by atoms with E-state index in [0.717, 1.165) is 44.9 Å². The Morgan fingerprint density at radius 2 is 2.04 bits per heavy atom. The van der Waals surface area contributed by atoms with Crippen molar-refractivity contribution in [2.45, 2.75) is 88.8 Å². The number of aliphatic hydroxyl groups is 2. The molecule has 5 heteroatoms. The molecule has 3 saturated carbocycles. The number of ketones is 1. The Morgan fingerprint density at radius 3 is 2.79 bits per heavy atom. The average molecular weight is 393 g/mol. The zero-order valence-corrected chi connectivity index (χ0v) is 17.1. The summed E-state index contributed by atoms with van der Waals surface area (Å²) in [5, 5.41) is 21.1. The van der Waals surface area contributed by atoms with Crippen LogP contribution >= 0.6 is 0 Å². The summed E-state index contributed by atoms with van der Waals surface area (Å²) >= 11 is 0. The van der Waals surface area contributed by atoms with Crippen LogP contribution in [0.4, 0.5) is 0 Å². The van der Waals surface area contributed by atoms with Gasteiger partial charge in [-0.15, -0.1) is 0 Å². The Kier molecular flexibility index (Phi) is 7.32.